The van der Waals surface area contributed by atoms with Crippen LogP contribution in [0.5, 0.6) is 0 Å². The van der Waals surface area contributed by atoms with E-state index in [9.17, 15) is 14.7 Å². The maximum atomic E-state index is 12.2. The predicted octanol–water partition coefficient (Wildman–Crippen LogP) is 1.23. The molecule has 20 heavy (non-hydrogen) atoms. The van der Waals surface area contributed by atoms with Gasteiger partial charge in [-0.25, -0.2) is 0 Å². The monoisotopic (exact) mass is 281 g/mol. The molecule has 3 rings (SSSR count). The summed E-state index contributed by atoms with van der Waals surface area (Å²) in [4.78, 5) is 25.7. The number of likely N-dealkylation sites (tertiary alicyclic amines) is 1. The maximum absolute atomic E-state index is 12.2. The molecule has 2 aliphatic heterocycles. The largest absolute Gasteiger partial charge is 0.388 e. The Morgan fingerprint density at radius 1 is 1.15 bits per heavy atom. The smallest absolute Gasteiger partial charge is 0.258 e. The third-order valence-corrected chi connectivity index (χ3v) is 5.17. The van der Waals surface area contributed by atoms with E-state index in [1.165, 1.54) is 4.90 Å². The fraction of sp³-hybridized carbons (Fsp3) is 0.867. The van der Waals surface area contributed by atoms with Gasteiger partial charge in [-0.1, -0.05) is 13.3 Å². The Bertz CT molecular complexity index is 392. The third kappa shape index (κ3) is 2.37. The van der Waals surface area contributed by atoms with Gasteiger partial charge in [0.1, 0.15) is 12.2 Å². The fourth-order valence-corrected chi connectivity index (χ4v) is 3.69. The van der Waals surface area contributed by atoms with E-state index in [-0.39, 0.29) is 18.4 Å². The van der Waals surface area contributed by atoms with Gasteiger partial charge in [0.2, 0.25) is 0 Å². The lowest BCUT2D eigenvalue weighted by molar-refractivity contribution is -0.173. The van der Waals surface area contributed by atoms with Crippen molar-refractivity contribution in [2.24, 2.45) is 5.92 Å². The number of β-amino-alcohol motifs (C(OH)–C–C–N with tert-alkyl or cyclic N) is 1. The minimum absolute atomic E-state index is 0.150. The number of hydrogen-bond donors (Lipinski definition) is 1. The molecule has 5 nitrogen and oxygen atoms in total. The van der Waals surface area contributed by atoms with E-state index in [0.717, 1.165) is 19.3 Å². The number of aliphatic hydroxyl groups is 1. The van der Waals surface area contributed by atoms with Crippen molar-refractivity contribution in [1.82, 2.24) is 4.90 Å². The van der Waals surface area contributed by atoms with Crippen molar-refractivity contribution >= 4 is 11.8 Å². The van der Waals surface area contributed by atoms with Gasteiger partial charge in [0.25, 0.3) is 11.8 Å². The van der Waals surface area contributed by atoms with Crippen LogP contribution in [0.25, 0.3) is 0 Å². The summed E-state index contributed by atoms with van der Waals surface area (Å²) in [5.41, 5.74) is -0.895. The molecule has 2 heterocycles. The number of hydrogen-bond acceptors (Lipinski definition) is 4. The molecule has 1 aliphatic carbocycles. The Morgan fingerprint density at radius 3 is 2.20 bits per heavy atom. The van der Waals surface area contributed by atoms with Crippen molar-refractivity contribution in [2.75, 3.05) is 6.54 Å². The summed E-state index contributed by atoms with van der Waals surface area (Å²) in [7, 11) is 0. The van der Waals surface area contributed by atoms with Crippen LogP contribution in [0.1, 0.15) is 51.9 Å². The van der Waals surface area contributed by atoms with Gasteiger partial charge in [-0.3, -0.25) is 14.5 Å². The number of rotatable bonds is 3. The lowest BCUT2D eigenvalue weighted by Gasteiger charge is -2.40. The van der Waals surface area contributed by atoms with E-state index < -0.39 is 17.8 Å². The lowest BCUT2D eigenvalue weighted by Crippen LogP contribution is -2.57. The van der Waals surface area contributed by atoms with Crippen molar-refractivity contribution in [3.63, 3.8) is 0 Å². The SMILES string of the molecule is CCC1CCC(O)(CN2C(=O)C3CCC(O3)C2=O)CC1. The number of fused-ring (bicyclic) bond motifs is 2. The van der Waals surface area contributed by atoms with Gasteiger partial charge < -0.3 is 9.84 Å². The second-order valence-electron chi connectivity index (χ2n) is 6.53. The summed E-state index contributed by atoms with van der Waals surface area (Å²) in [6.45, 7) is 2.32. The van der Waals surface area contributed by atoms with Crippen LogP contribution in [0.15, 0.2) is 0 Å². The van der Waals surface area contributed by atoms with Crippen LogP contribution < -0.4 is 0 Å². The van der Waals surface area contributed by atoms with Crippen LogP contribution >= 0.6 is 0 Å². The number of carbonyl (C=O) groups is 2. The fourth-order valence-electron chi connectivity index (χ4n) is 3.69. The Morgan fingerprint density at radius 2 is 1.70 bits per heavy atom. The molecular weight excluding hydrogens is 258 g/mol. The molecule has 2 amide bonds. The zero-order valence-corrected chi connectivity index (χ0v) is 12.0. The molecule has 0 aromatic carbocycles. The summed E-state index contributed by atoms with van der Waals surface area (Å²) in [6, 6.07) is 0. The first-order valence-electron chi connectivity index (χ1n) is 7.75. The summed E-state index contributed by atoms with van der Waals surface area (Å²) >= 11 is 0. The molecule has 5 heteroatoms. The molecule has 2 unspecified atom stereocenters. The van der Waals surface area contributed by atoms with E-state index >= 15 is 0 Å². The van der Waals surface area contributed by atoms with Crippen LogP contribution in [0, 0.1) is 5.92 Å². The van der Waals surface area contributed by atoms with Crippen molar-refractivity contribution < 1.29 is 19.4 Å². The van der Waals surface area contributed by atoms with Crippen molar-refractivity contribution in [2.45, 2.75) is 69.7 Å². The molecule has 1 N–H and O–H groups in total. The topological polar surface area (TPSA) is 66.8 Å². The molecule has 0 radical (unpaired) electrons. The van der Waals surface area contributed by atoms with Crippen LogP contribution in [-0.2, 0) is 14.3 Å². The quantitative estimate of drug-likeness (QED) is 0.790. The number of imide groups is 1. The van der Waals surface area contributed by atoms with Gasteiger partial charge in [0, 0.05) is 0 Å². The number of nitrogens with zero attached hydrogens (tertiary/aromatic N) is 1. The molecule has 0 aromatic heterocycles. The molecule has 3 fully saturated rings. The summed E-state index contributed by atoms with van der Waals surface area (Å²) < 4.78 is 5.39. The van der Waals surface area contributed by atoms with Crippen LogP contribution in [0.2, 0.25) is 0 Å². The van der Waals surface area contributed by atoms with Gasteiger partial charge in [-0.05, 0) is 44.4 Å². The molecule has 2 bridgehead atoms. The average Bonchev–Trinajstić information content (AvgIpc) is 2.90. The molecular formula is C15H23NO4. The zero-order chi connectivity index (χ0) is 14.3. The van der Waals surface area contributed by atoms with Crippen LogP contribution in [0.3, 0.4) is 0 Å². The third-order valence-electron chi connectivity index (χ3n) is 5.17. The number of ether oxygens (including phenoxy) is 1. The second kappa shape index (κ2) is 5.11. The minimum atomic E-state index is -0.895. The average molecular weight is 281 g/mol. The first kappa shape index (κ1) is 14.0. The highest BCUT2D eigenvalue weighted by molar-refractivity contribution is 6.02. The van der Waals surface area contributed by atoms with E-state index in [0.29, 0.717) is 31.6 Å². The second-order valence-corrected chi connectivity index (χ2v) is 6.53. The molecule has 0 aromatic rings. The lowest BCUT2D eigenvalue weighted by atomic mass is 9.77. The first-order valence-corrected chi connectivity index (χ1v) is 7.75. The van der Waals surface area contributed by atoms with Gasteiger partial charge in [0.15, 0.2) is 0 Å². The van der Waals surface area contributed by atoms with E-state index in [2.05, 4.69) is 6.92 Å². The Hall–Kier alpha value is -0.940. The predicted molar refractivity (Wildman–Crippen MR) is 71.8 cm³/mol. The van der Waals surface area contributed by atoms with Crippen molar-refractivity contribution in [3.05, 3.63) is 0 Å². The summed E-state index contributed by atoms with van der Waals surface area (Å²) in [5.74, 6) is 0.159. The van der Waals surface area contributed by atoms with Gasteiger partial charge >= 0.3 is 0 Å². The molecule has 2 saturated heterocycles. The van der Waals surface area contributed by atoms with E-state index in [1.54, 1.807) is 0 Å². The normalized spacial score (nSPS) is 41.3. The molecule has 3 aliphatic rings. The first-order chi connectivity index (χ1) is 9.52. The Labute approximate surface area is 119 Å². The number of amides is 2. The Kier molecular flexibility index (Phi) is 3.58. The number of carbonyl (C=O) groups excluding carboxylic acids is 2. The standard InChI is InChI=1S/C15H23NO4/c1-2-10-5-7-15(19,8-6-10)9-16-13(17)11-3-4-12(20-11)14(16)18/h10-12,19H,2-9H2,1H3. The van der Waals surface area contributed by atoms with E-state index in [1.807, 2.05) is 0 Å². The van der Waals surface area contributed by atoms with Gasteiger partial charge in [0.05, 0.1) is 12.1 Å². The van der Waals surface area contributed by atoms with Crippen LogP contribution in [-0.4, -0.2) is 46.2 Å². The number of morpholine rings is 1. The zero-order valence-electron chi connectivity index (χ0n) is 12.0. The van der Waals surface area contributed by atoms with Crippen molar-refractivity contribution in [3.8, 4) is 0 Å². The maximum Gasteiger partial charge on any atom is 0.258 e. The van der Waals surface area contributed by atoms with Crippen molar-refractivity contribution in [1.29, 1.82) is 0 Å². The molecule has 0 spiro atoms. The molecule has 112 valence electrons. The summed E-state index contributed by atoms with van der Waals surface area (Å²) in [5, 5.41) is 10.7. The van der Waals surface area contributed by atoms with Gasteiger partial charge in [-0.2, -0.15) is 0 Å². The summed E-state index contributed by atoms with van der Waals surface area (Å²) in [6.07, 6.45) is 4.78. The minimum Gasteiger partial charge on any atom is -0.388 e. The molecule has 1 saturated carbocycles. The van der Waals surface area contributed by atoms with Crippen LogP contribution in [0.4, 0.5) is 0 Å². The molecule has 2 atom stereocenters. The highest BCUT2D eigenvalue weighted by Gasteiger charge is 2.49. The Balaban J connectivity index is 1.68. The highest BCUT2D eigenvalue weighted by atomic mass is 16.5. The van der Waals surface area contributed by atoms with Gasteiger partial charge in [-0.15, -0.1) is 0 Å². The van der Waals surface area contributed by atoms with E-state index in [4.69, 9.17) is 4.74 Å². The highest BCUT2D eigenvalue weighted by Crippen LogP contribution is 2.36.